The molecule has 0 bridgehead atoms. The maximum absolute atomic E-state index is 11.0. The summed E-state index contributed by atoms with van der Waals surface area (Å²) in [7, 11) is 0. The van der Waals surface area contributed by atoms with Crippen LogP contribution in [-0.4, -0.2) is 11.1 Å². The van der Waals surface area contributed by atoms with Crippen LogP contribution in [0, 0.1) is 11.8 Å². The predicted octanol–water partition coefficient (Wildman–Crippen LogP) is 5.10. The number of rotatable bonds is 5. The Morgan fingerprint density at radius 1 is 1.32 bits per heavy atom. The van der Waals surface area contributed by atoms with Crippen molar-refractivity contribution in [2.24, 2.45) is 0 Å². The molecule has 3 rings (SSSR count). The van der Waals surface area contributed by atoms with E-state index in [-0.39, 0.29) is 18.4 Å². The molecular weight excluding hydrogens is 380 g/mol. The Kier molecular flexibility index (Phi) is 5.45. The van der Waals surface area contributed by atoms with E-state index in [2.05, 4.69) is 39.9 Å². The summed E-state index contributed by atoms with van der Waals surface area (Å²) in [6.45, 7) is 1.72. The second-order valence-corrected chi connectivity index (χ2v) is 7.02. The van der Waals surface area contributed by atoms with Gasteiger partial charge in [0.2, 0.25) is 0 Å². The van der Waals surface area contributed by atoms with Crippen LogP contribution in [0.2, 0.25) is 0 Å². The van der Waals surface area contributed by atoms with E-state index < -0.39 is 5.97 Å². The third kappa shape index (κ3) is 4.24. The molecule has 0 heterocycles. The van der Waals surface area contributed by atoms with E-state index >= 15 is 0 Å². The van der Waals surface area contributed by atoms with E-state index in [1.54, 1.807) is 6.92 Å². The molecule has 3 nitrogen and oxygen atoms in total. The molecule has 0 saturated carbocycles. The minimum Gasteiger partial charge on any atom is -0.486 e. The summed E-state index contributed by atoms with van der Waals surface area (Å²) in [6.07, 6.45) is 2.06. The highest BCUT2D eigenvalue weighted by atomic mass is 79.9. The van der Waals surface area contributed by atoms with Gasteiger partial charge >= 0.3 is 5.97 Å². The minimum absolute atomic E-state index is 0.00587. The second-order valence-electron chi connectivity index (χ2n) is 6.10. The van der Waals surface area contributed by atoms with Crippen molar-refractivity contribution in [2.75, 3.05) is 0 Å². The lowest BCUT2D eigenvalue weighted by Gasteiger charge is -2.16. The zero-order chi connectivity index (χ0) is 17.8. The van der Waals surface area contributed by atoms with Gasteiger partial charge in [-0.05, 0) is 60.7 Å². The maximum atomic E-state index is 11.0. The number of aryl methyl sites for hydroxylation is 1. The Morgan fingerprint density at radius 2 is 2.08 bits per heavy atom. The van der Waals surface area contributed by atoms with Gasteiger partial charge in [-0.15, -0.1) is 5.92 Å². The van der Waals surface area contributed by atoms with Crippen molar-refractivity contribution in [3.63, 3.8) is 0 Å². The Morgan fingerprint density at radius 3 is 2.76 bits per heavy atom. The molecule has 2 aromatic carbocycles. The summed E-state index contributed by atoms with van der Waals surface area (Å²) in [5.74, 6) is 5.44. The van der Waals surface area contributed by atoms with E-state index in [4.69, 9.17) is 9.84 Å². The first kappa shape index (κ1) is 17.6. The van der Waals surface area contributed by atoms with Gasteiger partial charge in [-0.2, -0.15) is 0 Å². The molecule has 0 radical (unpaired) electrons. The van der Waals surface area contributed by atoms with Gasteiger partial charge in [-0.1, -0.05) is 40.0 Å². The van der Waals surface area contributed by atoms with Crippen molar-refractivity contribution in [2.45, 2.75) is 38.2 Å². The van der Waals surface area contributed by atoms with Gasteiger partial charge in [-0.3, -0.25) is 4.79 Å². The Bertz CT molecular complexity index is 830. The molecule has 0 amide bonds. The fraction of sp³-hybridized carbons (Fsp3) is 0.286. The van der Waals surface area contributed by atoms with E-state index in [1.807, 2.05) is 30.3 Å². The summed E-state index contributed by atoms with van der Waals surface area (Å²) < 4.78 is 7.24. The Balaban J connectivity index is 1.73. The molecular formula is C21H19BrO3. The van der Waals surface area contributed by atoms with Crippen LogP contribution in [0.15, 0.2) is 46.9 Å². The van der Waals surface area contributed by atoms with Crippen LogP contribution < -0.4 is 4.74 Å². The Hall–Kier alpha value is -2.25. The van der Waals surface area contributed by atoms with Crippen LogP contribution >= 0.6 is 15.9 Å². The summed E-state index contributed by atoms with van der Waals surface area (Å²) in [6, 6.07) is 13.9. The number of ether oxygens (including phenoxy) is 1. The average molecular weight is 399 g/mol. The van der Waals surface area contributed by atoms with Crippen LogP contribution in [0.5, 0.6) is 5.75 Å². The first-order valence-corrected chi connectivity index (χ1v) is 9.05. The van der Waals surface area contributed by atoms with Gasteiger partial charge in [0.15, 0.2) is 0 Å². The van der Waals surface area contributed by atoms with E-state index in [9.17, 15) is 4.79 Å². The van der Waals surface area contributed by atoms with Crippen LogP contribution in [0.4, 0.5) is 0 Å². The predicted molar refractivity (Wildman–Crippen MR) is 101 cm³/mol. The molecule has 2 aromatic rings. The molecule has 0 aliphatic heterocycles. The lowest BCUT2D eigenvalue weighted by molar-refractivity contribution is -0.137. The van der Waals surface area contributed by atoms with Gasteiger partial charge in [0.05, 0.1) is 12.3 Å². The standard InChI is InChI=1S/C21H19BrO3/c1-2-3-15(13-21(23)24)14-4-8-18(9-5-14)25-20-11-6-16-12-17(22)7-10-19(16)20/h4-5,7-10,12,15,20H,6,11,13H2,1H3,(H,23,24)/t15-,20-/m0/s1. The van der Waals surface area contributed by atoms with Gasteiger partial charge in [0.1, 0.15) is 11.9 Å². The fourth-order valence-corrected chi connectivity index (χ4v) is 3.62. The first-order chi connectivity index (χ1) is 12.1. The molecule has 1 aliphatic carbocycles. The smallest absolute Gasteiger partial charge is 0.304 e. The number of aliphatic carboxylic acids is 1. The van der Waals surface area contributed by atoms with Crippen LogP contribution in [-0.2, 0) is 11.2 Å². The van der Waals surface area contributed by atoms with Gasteiger partial charge in [0, 0.05) is 4.47 Å². The Labute approximate surface area is 156 Å². The SMILES string of the molecule is CC#C[C@@H](CC(=O)O)c1ccc(O[C@H]2CCc3cc(Br)ccc32)cc1. The molecule has 2 atom stereocenters. The number of hydrogen-bond donors (Lipinski definition) is 1. The van der Waals surface area contributed by atoms with Gasteiger partial charge < -0.3 is 9.84 Å². The number of halogens is 1. The lowest BCUT2D eigenvalue weighted by atomic mass is 9.96. The first-order valence-electron chi connectivity index (χ1n) is 8.26. The molecule has 0 saturated heterocycles. The highest BCUT2D eigenvalue weighted by molar-refractivity contribution is 9.10. The molecule has 0 unspecified atom stereocenters. The number of carbonyl (C=O) groups is 1. The second kappa shape index (κ2) is 7.76. The van der Waals surface area contributed by atoms with Crippen molar-refractivity contribution in [3.8, 4) is 17.6 Å². The number of carboxylic acid groups (broad SMARTS) is 1. The van der Waals surface area contributed by atoms with Crippen molar-refractivity contribution < 1.29 is 14.6 Å². The normalized spacial score (nSPS) is 16.5. The van der Waals surface area contributed by atoms with Gasteiger partial charge in [0.25, 0.3) is 0 Å². The molecule has 1 N–H and O–H groups in total. The highest BCUT2D eigenvalue weighted by Gasteiger charge is 2.24. The fourth-order valence-electron chi connectivity index (χ4n) is 3.21. The molecule has 0 fully saturated rings. The van der Waals surface area contributed by atoms with E-state index in [0.29, 0.717) is 0 Å². The van der Waals surface area contributed by atoms with Crippen molar-refractivity contribution >= 4 is 21.9 Å². The van der Waals surface area contributed by atoms with Crippen LogP contribution in [0.3, 0.4) is 0 Å². The molecule has 4 heteroatoms. The summed E-state index contributed by atoms with van der Waals surface area (Å²) in [5, 5.41) is 9.03. The van der Waals surface area contributed by atoms with Gasteiger partial charge in [-0.25, -0.2) is 0 Å². The zero-order valence-electron chi connectivity index (χ0n) is 14.0. The van der Waals surface area contributed by atoms with E-state index in [0.717, 1.165) is 28.6 Å². The number of fused-ring (bicyclic) bond motifs is 1. The highest BCUT2D eigenvalue weighted by Crippen LogP contribution is 2.36. The zero-order valence-corrected chi connectivity index (χ0v) is 15.5. The minimum atomic E-state index is -0.846. The number of benzene rings is 2. The summed E-state index contributed by atoms with van der Waals surface area (Å²) >= 11 is 3.51. The molecule has 128 valence electrons. The van der Waals surface area contributed by atoms with E-state index in [1.165, 1.54) is 11.1 Å². The largest absolute Gasteiger partial charge is 0.486 e. The maximum Gasteiger partial charge on any atom is 0.304 e. The van der Waals surface area contributed by atoms with Crippen LogP contribution in [0.1, 0.15) is 48.5 Å². The topological polar surface area (TPSA) is 46.5 Å². The number of carboxylic acids is 1. The summed E-state index contributed by atoms with van der Waals surface area (Å²) in [5.41, 5.74) is 3.48. The van der Waals surface area contributed by atoms with Crippen molar-refractivity contribution in [1.29, 1.82) is 0 Å². The molecule has 0 aromatic heterocycles. The van der Waals surface area contributed by atoms with Crippen molar-refractivity contribution in [1.82, 2.24) is 0 Å². The number of hydrogen-bond acceptors (Lipinski definition) is 2. The summed E-state index contributed by atoms with van der Waals surface area (Å²) in [4.78, 5) is 11.0. The molecule has 0 spiro atoms. The molecule has 1 aliphatic rings. The molecule has 25 heavy (non-hydrogen) atoms. The average Bonchev–Trinajstić information content (AvgIpc) is 2.97. The third-order valence-corrected chi connectivity index (χ3v) is 4.88. The van der Waals surface area contributed by atoms with Crippen molar-refractivity contribution in [3.05, 3.63) is 63.6 Å². The third-order valence-electron chi connectivity index (χ3n) is 4.39. The monoisotopic (exact) mass is 398 g/mol. The lowest BCUT2D eigenvalue weighted by Crippen LogP contribution is -2.06. The quantitative estimate of drug-likeness (QED) is 0.712. The van der Waals surface area contributed by atoms with Crippen LogP contribution in [0.25, 0.3) is 0 Å².